The van der Waals surface area contributed by atoms with Gasteiger partial charge >= 0.3 is 0 Å². The van der Waals surface area contributed by atoms with E-state index in [1.54, 1.807) is 29.8 Å². The number of hydrogen-bond acceptors (Lipinski definition) is 7. The average Bonchev–Trinajstić information content (AvgIpc) is 3.17. The number of ether oxygens (including phenoxy) is 1. The first-order chi connectivity index (χ1) is 19.4. The number of carbonyl (C=O) groups excluding carboxylic acids is 2. The topological polar surface area (TPSA) is 132 Å². The number of anilines is 1. The fourth-order valence-corrected chi connectivity index (χ4v) is 5.68. The quantitative estimate of drug-likeness (QED) is 0.370. The van der Waals surface area contributed by atoms with Crippen molar-refractivity contribution in [1.29, 1.82) is 0 Å². The van der Waals surface area contributed by atoms with Crippen LogP contribution in [0.15, 0.2) is 30.3 Å². The van der Waals surface area contributed by atoms with E-state index in [2.05, 4.69) is 15.0 Å². The van der Waals surface area contributed by atoms with Crippen molar-refractivity contribution < 1.29 is 32.2 Å². The number of halogens is 1. The minimum atomic E-state index is -3.54. The van der Waals surface area contributed by atoms with Gasteiger partial charge in [-0.1, -0.05) is 25.1 Å². The molecule has 4 rings (SSSR count). The maximum Gasteiger partial charge on any atom is 0.272 e. The number of nitrogens with zero attached hydrogens (tertiary/aromatic N) is 3. The van der Waals surface area contributed by atoms with Gasteiger partial charge in [0.1, 0.15) is 5.52 Å². The molecule has 1 saturated heterocycles. The van der Waals surface area contributed by atoms with Crippen molar-refractivity contribution in [2.45, 2.75) is 52.2 Å². The number of benzene rings is 1. The van der Waals surface area contributed by atoms with Crippen LogP contribution in [-0.4, -0.2) is 72.8 Å². The number of sulfonamides is 1. The number of para-hydroxylation sites is 1. The molecule has 1 aliphatic rings. The van der Waals surface area contributed by atoms with Crippen LogP contribution in [0.1, 0.15) is 49.7 Å². The number of likely N-dealkylation sites (tertiary alicyclic amines) is 1. The van der Waals surface area contributed by atoms with Gasteiger partial charge < -0.3 is 19.5 Å². The predicted octanol–water partition coefficient (Wildman–Crippen LogP) is 3.58. The van der Waals surface area contributed by atoms with Gasteiger partial charge in [0.25, 0.3) is 11.8 Å². The van der Waals surface area contributed by atoms with Crippen molar-refractivity contribution in [2.75, 3.05) is 30.7 Å². The second-order valence-corrected chi connectivity index (χ2v) is 12.2. The Kier molecular flexibility index (Phi) is 9.17. The summed E-state index contributed by atoms with van der Waals surface area (Å²) in [5.74, 6) is -0.433. The van der Waals surface area contributed by atoms with Gasteiger partial charge in [-0.3, -0.25) is 14.3 Å². The van der Waals surface area contributed by atoms with E-state index in [1.165, 1.54) is 4.90 Å². The summed E-state index contributed by atoms with van der Waals surface area (Å²) in [4.78, 5) is 35.5. The third kappa shape index (κ3) is 6.79. The third-order valence-electron chi connectivity index (χ3n) is 7.00. The lowest BCUT2D eigenvalue weighted by Crippen LogP contribution is -2.47. The van der Waals surface area contributed by atoms with Crippen LogP contribution < -0.4 is 14.8 Å². The molecule has 2 N–H and O–H groups in total. The Hall–Kier alpha value is -3.71. The lowest BCUT2D eigenvalue weighted by Gasteiger charge is -2.32. The molecule has 3 aromatic rings. The predicted molar refractivity (Wildman–Crippen MR) is 154 cm³/mol. The zero-order valence-corrected chi connectivity index (χ0v) is 24.7. The molecule has 2 aromatic heterocycles. The summed E-state index contributed by atoms with van der Waals surface area (Å²) in [6.45, 7) is 5.85. The smallest absolute Gasteiger partial charge is 0.272 e. The standard InChI is InChI=1S/C28H36FN5O6S/c1-6-18-15-22-25(31-24(18)20-9-7-8-10-21(20)32-41(5,37)38)27(40-17(2)3)26(33(22)4)28(36)30-19-11-13-34(14-12-19)23(35)16-39-29/h7-10,15,17,19,32H,6,11-14,16H2,1-5H3,(H,30,36). The zero-order chi connectivity index (χ0) is 29.9. The number of aromatic nitrogens is 2. The van der Waals surface area contributed by atoms with Crippen LogP contribution in [0.2, 0.25) is 0 Å². The van der Waals surface area contributed by atoms with Gasteiger partial charge in [0, 0.05) is 31.7 Å². The number of carbonyl (C=O) groups is 2. The largest absolute Gasteiger partial charge is 0.486 e. The average molecular weight is 590 g/mol. The van der Waals surface area contributed by atoms with Crippen molar-refractivity contribution in [1.82, 2.24) is 19.8 Å². The van der Waals surface area contributed by atoms with Gasteiger partial charge in [-0.15, -0.1) is 0 Å². The summed E-state index contributed by atoms with van der Waals surface area (Å²) in [5, 5.41) is 3.06. The van der Waals surface area contributed by atoms with Crippen LogP contribution in [0.25, 0.3) is 22.3 Å². The summed E-state index contributed by atoms with van der Waals surface area (Å²) in [7, 11) is -1.76. The van der Waals surface area contributed by atoms with Crippen LogP contribution in [0.5, 0.6) is 5.75 Å². The number of pyridine rings is 1. The number of hydrogen-bond donors (Lipinski definition) is 2. The van der Waals surface area contributed by atoms with Gasteiger partial charge in [0.05, 0.1) is 29.3 Å². The Labute approximate surface area is 239 Å². The number of rotatable bonds is 10. The molecule has 1 aliphatic heterocycles. The maximum absolute atomic E-state index is 13.7. The molecule has 0 radical (unpaired) electrons. The first-order valence-electron chi connectivity index (χ1n) is 13.5. The second kappa shape index (κ2) is 12.4. The van der Waals surface area contributed by atoms with Crippen molar-refractivity contribution in [3.8, 4) is 17.0 Å². The molecule has 222 valence electrons. The van der Waals surface area contributed by atoms with Crippen LogP contribution >= 0.6 is 0 Å². The third-order valence-corrected chi connectivity index (χ3v) is 7.59. The molecule has 13 heteroatoms. The highest BCUT2D eigenvalue weighted by atomic mass is 32.2. The minimum Gasteiger partial charge on any atom is -0.486 e. The molecule has 0 saturated carbocycles. The van der Waals surface area contributed by atoms with Crippen molar-refractivity contribution >= 4 is 38.6 Å². The summed E-state index contributed by atoms with van der Waals surface area (Å²) in [6.07, 6.45) is 2.48. The lowest BCUT2D eigenvalue weighted by atomic mass is 10.0. The minimum absolute atomic E-state index is 0.188. The number of nitrogens with one attached hydrogen (secondary N) is 2. The molecule has 0 bridgehead atoms. The zero-order valence-electron chi connectivity index (χ0n) is 23.9. The van der Waals surface area contributed by atoms with Gasteiger partial charge in [-0.05, 0) is 55.3 Å². The first-order valence-corrected chi connectivity index (χ1v) is 15.4. The van der Waals surface area contributed by atoms with E-state index >= 15 is 0 Å². The SMILES string of the molecule is CCc1cc2c(nc1-c1ccccc1NS(C)(=O)=O)c(OC(C)C)c(C(=O)NC1CCN(C(=O)COF)CC1)n2C. The highest BCUT2D eigenvalue weighted by molar-refractivity contribution is 7.92. The number of amides is 2. The van der Waals surface area contributed by atoms with Crippen molar-refractivity contribution in [3.63, 3.8) is 0 Å². The molecular formula is C28H36FN5O6S. The van der Waals surface area contributed by atoms with E-state index in [-0.39, 0.29) is 18.1 Å². The second-order valence-electron chi connectivity index (χ2n) is 10.4. The monoisotopic (exact) mass is 589 g/mol. The highest BCUT2D eigenvalue weighted by Gasteiger charge is 2.30. The molecule has 11 nitrogen and oxygen atoms in total. The fraction of sp³-hybridized carbons (Fsp3) is 0.464. The molecule has 0 unspecified atom stereocenters. The van der Waals surface area contributed by atoms with Gasteiger partial charge in [-0.25, -0.2) is 13.4 Å². The number of fused-ring (bicyclic) bond motifs is 1. The molecule has 0 aliphatic carbocycles. The Morgan fingerprint density at radius 3 is 2.49 bits per heavy atom. The molecule has 3 heterocycles. The fourth-order valence-electron chi connectivity index (χ4n) is 5.10. The van der Waals surface area contributed by atoms with E-state index in [4.69, 9.17) is 9.72 Å². The molecule has 0 atom stereocenters. The van der Waals surface area contributed by atoms with Crippen molar-refractivity contribution in [2.24, 2.45) is 7.05 Å². The Morgan fingerprint density at radius 2 is 1.88 bits per heavy atom. The van der Waals surface area contributed by atoms with Gasteiger partial charge in [-0.2, -0.15) is 4.94 Å². The summed E-state index contributed by atoms with van der Waals surface area (Å²) in [5.41, 5.74) is 3.98. The lowest BCUT2D eigenvalue weighted by molar-refractivity contribution is -0.165. The maximum atomic E-state index is 13.7. The van der Waals surface area contributed by atoms with Crippen molar-refractivity contribution in [3.05, 3.63) is 41.6 Å². The Bertz CT molecular complexity index is 1550. The van der Waals surface area contributed by atoms with Crippen LogP contribution in [0, 0.1) is 0 Å². The number of piperidine rings is 1. The molecule has 1 fully saturated rings. The molecule has 41 heavy (non-hydrogen) atoms. The van der Waals surface area contributed by atoms with E-state index in [1.807, 2.05) is 32.9 Å². The molecular weight excluding hydrogens is 553 g/mol. The van der Waals surface area contributed by atoms with Crippen LogP contribution in [-0.2, 0) is 33.2 Å². The highest BCUT2D eigenvalue weighted by Crippen LogP contribution is 2.38. The Morgan fingerprint density at radius 1 is 1.20 bits per heavy atom. The van der Waals surface area contributed by atoms with E-state index < -0.39 is 22.5 Å². The molecule has 1 aromatic carbocycles. The van der Waals surface area contributed by atoms with E-state index in [9.17, 15) is 22.5 Å². The molecule has 0 spiro atoms. The van der Waals surface area contributed by atoms with E-state index in [0.29, 0.717) is 71.8 Å². The number of aryl methyl sites for hydroxylation is 2. The van der Waals surface area contributed by atoms with Crippen LogP contribution in [0.4, 0.5) is 10.2 Å². The summed E-state index contributed by atoms with van der Waals surface area (Å²) in [6, 6.07) is 8.81. The molecule has 2 amide bonds. The first kappa shape index (κ1) is 30.3. The normalized spacial score (nSPS) is 14.5. The van der Waals surface area contributed by atoms with Gasteiger partial charge in [0.2, 0.25) is 10.0 Å². The van der Waals surface area contributed by atoms with Crippen LogP contribution in [0.3, 0.4) is 0 Å². The summed E-state index contributed by atoms with van der Waals surface area (Å²) < 4.78 is 46.7. The Balaban J connectivity index is 1.74. The summed E-state index contributed by atoms with van der Waals surface area (Å²) >= 11 is 0. The van der Waals surface area contributed by atoms with E-state index in [0.717, 1.165) is 11.8 Å². The van der Waals surface area contributed by atoms with Gasteiger partial charge in [0.15, 0.2) is 18.1 Å².